The van der Waals surface area contributed by atoms with Crippen molar-refractivity contribution in [2.75, 3.05) is 17.1 Å². The smallest absolute Gasteiger partial charge is 0.244 e. The normalized spacial score (nSPS) is 12.7. The predicted molar refractivity (Wildman–Crippen MR) is 145 cm³/mol. The molecule has 0 bridgehead atoms. The van der Waals surface area contributed by atoms with Crippen LogP contribution in [0, 0.1) is 0 Å². The van der Waals surface area contributed by atoms with E-state index in [0.29, 0.717) is 32.2 Å². The van der Waals surface area contributed by atoms with Crippen molar-refractivity contribution >= 4 is 66.7 Å². The molecule has 0 spiro atoms. The number of carbonyl (C=O) groups is 2. The van der Waals surface area contributed by atoms with Crippen LogP contribution in [-0.2, 0) is 26.2 Å². The van der Waals surface area contributed by atoms with Crippen LogP contribution in [0.1, 0.15) is 39.7 Å². The van der Waals surface area contributed by atoms with E-state index in [-0.39, 0.29) is 12.5 Å². The molecule has 1 atom stereocenters. The summed E-state index contributed by atoms with van der Waals surface area (Å²) in [4.78, 5) is 28.2. The molecule has 2 rings (SSSR count). The van der Waals surface area contributed by atoms with Crippen molar-refractivity contribution in [3.8, 4) is 0 Å². The van der Waals surface area contributed by atoms with Crippen molar-refractivity contribution in [3.63, 3.8) is 0 Å². The summed E-state index contributed by atoms with van der Waals surface area (Å²) in [5, 5.41) is 3.59. The minimum Gasteiger partial charge on any atom is -0.350 e. The van der Waals surface area contributed by atoms with Gasteiger partial charge in [0, 0.05) is 32.2 Å². The maximum Gasteiger partial charge on any atom is 0.244 e. The number of hydrogen-bond acceptors (Lipinski definition) is 4. The molecule has 0 saturated heterocycles. The quantitative estimate of drug-likeness (QED) is 0.423. The number of carbonyl (C=O) groups excluding carboxylic acids is 2. The Morgan fingerprint density at radius 3 is 2.14 bits per heavy atom. The average Bonchev–Trinajstić information content (AvgIpc) is 2.71. The monoisotopic (exact) mass is 605 g/mol. The molecular weight excluding hydrogens is 577 g/mol. The fourth-order valence-corrected chi connectivity index (χ4v) is 5.22. The maximum absolute atomic E-state index is 13.7. The van der Waals surface area contributed by atoms with Crippen LogP contribution in [0.25, 0.3) is 0 Å². The molecule has 35 heavy (non-hydrogen) atoms. The second-order valence-electron chi connectivity index (χ2n) is 9.13. The largest absolute Gasteiger partial charge is 0.350 e. The lowest BCUT2D eigenvalue weighted by atomic mass is 10.1. The lowest BCUT2D eigenvalue weighted by Crippen LogP contribution is -2.55. The van der Waals surface area contributed by atoms with Crippen LogP contribution in [0.15, 0.2) is 46.9 Å². The third-order valence-corrected chi connectivity index (χ3v) is 7.39. The van der Waals surface area contributed by atoms with E-state index in [4.69, 9.17) is 23.2 Å². The van der Waals surface area contributed by atoms with Crippen LogP contribution >= 0.6 is 39.1 Å². The van der Waals surface area contributed by atoms with E-state index in [0.717, 1.165) is 10.6 Å². The van der Waals surface area contributed by atoms with Gasteiger partial charge in [0.15, 0.2) is 0 Å². The van der Waals surface area contributed by atoms with E-state index in [1.54, 1.807) is 49.4 Å². The summed E-state index contributed by atoms with van der Waals surface area (Å²) in [6, 6.07) is 10.7. The maximum atomic E-state index is 13.7. The number of rotatable bonds is 9. The first-order valence-corrected chi connectivity index (χ1v) is 14.3. The second kappa shape index (κ2) is 12.0. The van der Waals surface area contributed by atoms with Crippen molar-refractivity contribution in [1.82, 2.24) is 10.2 Å². The lowest BCUT2D eigenvalue weighted by Gasteiger charge is -2.34. The Morgan fingerprint density at radius 2 is 1.66 bits per heavy atom. The number of anilines is 1. The van der Waals surface area contributed by atoms with Crippen LogP contribution < -0.4 is 9.62 Å². The zero-order valence-electron chi connectivity index (χ0n) is 20.3. The molecule has 11 heteroatoms. The van der Waals surface area contributed by atoms with Crippen molar-refractivity contribution < 1.29 is 18.0 Å². The molecule has 0 saturated carbocycles. The highest BCUT2D eigenvalue weighted by molar-refractivity contribution is 9.10. The first kappa shape index (κ1) is 29.4. The summed E-state index contributed by atoms with van der Waals surface area (Å²) in [7, 11) is -3.82. The molecular formula is C24H30BrCl2N3O4S. The number of benzene rings is 2. The highest BCUT2D eigenvalue weighted by Crippen LogP contribution is 2.28. The lowest BCUT2D eigenvalue weighted by molar-refractivity contribution is -0.141. The average molecular weight is 607 g/mol. The van der Waals surface area contributed by atoms with Crippen LogP contribution in [0.3, 0.4) is 0 Å². The summed E-state index contributed by atoms with van der Waals surface area (Å²) in [5.74, 6) is -0.924. The van der Waals surface area contributed by atoms with E-state index in [1.165, 1.54) is 4.90 Å². The topological polar surface area (TPSA) is 86.8 Å². The predicted octanol–water partition coefficient (Wildman–Crippen LogP) is 5.24. The van der Waals surface area contributed by atoms with Gasteiger partial charge in [0.25, 0.3) is 0 Å². The molecule has 0 unspecified atom stereocenters. The van der Waals surface area contributed by atoms with Crippen molar-refractivity contribution in [2.24, 2.45) is 0 Å². The number of amides is 2. The van der Waals surface area contributed by atoms with Gasteiger partial charge in [0.1, 0.15) is 12.6 Å². The molecule has 0 aliphatic heterocycles. The van der Waals surface area contributed by atoms with Crippen LogP contribution in [0.5, 0.6) is 0 Å². The van der Waals surface area contributed by atoms with Crippen LogP contribution in [-0.4, -0.2) is 49.5 Å². The third kappa shape index (κ3) is 8.37. The molecule has 1 N–H and O–H groups in total. The van der Waals surface area contributed by atoms with E-state index >= 15 is 0 Å². The fourth-order valence-electron chi connectivity index (χ4n) is 3.47. The Balaban J connectivity index is 2.52. The first-order chi connectivity index (χ1) is 16.1. The number of halogens is 3. The van der Waals surface area contributed by atoms with Gasteiger partial charge in [-0.1, -0.05) is 58.2 Å². The Labute approximate surface area is 225 Å². The van der Waals surface area contributed by atoms with E-state index in [2.05, 4.69) is 21.2 Å². The van der Waals surface area contributed by atoms with Crippen LogP contribution in [0.2, 0.25) is 10.0 Å². The Bertz CT molecular complexity index is 1170. The zero-order valence-corrected chi connectivity index (χ0v) is 24.2. The summed E-state index contributed by atoms with van der Waals surface area (Å²) in [6.07, 6.45) is 1.32. The molecule has 0 aliphatic carbocycles. The summed E-state index contributed by atoms with van der Waals surface area (Å²) in [6.45, 7) is 6.73. The molecule has 192 valence electrons. The number of sulfonamides is 1. The molecule has 0 fully saturated rings. The minimum absolute atomic E-state index is 0.0660. The minimum atomic E-state index is -3.82. The zero-order chi connectivity index (χ0) is 26.6. The molecule has 0 aliphatic rings. The fraction of sp³-hybridized carbons (Fsp3) is 0.417. The molecule has 0 heterocycles. The highest BCUT2D eigenvalue weighted by Gasteiger charge is 2.33. The third-order valence-electron chi connectivity index (χ3n) is 5.05. The molecule has 2 aromatic carbocycles. The van der Waals surface area contributed by atoms with Gasteiger partial charge in [-0.25, -0.2) is 8.42 Å². The van der Waals surface area contributed by atoms with Gasteiger partial charge in [-0.15, -0.1) is 0 Å². The number of nitrogens with one attached hydrogen (secondary N) is 1. The number of nitrogens with zero attached hydrogens (tertiary/aromatic N) is 2. The number of hydrogen-bond donors (Lipinski definition) is 1. The Kier molecular flexibility index (Phi) is 10.0. The van der Waals surface area contributed by atoms with Gasteiger partial charge in [-0.2, -0.15) is 0 Å². The van der Waals surface area contributed by atoms with E-state index in [9.17, 15) is 18.0 Å². The first-order valence-electron chi connectivity index (χ1n) is 10.9. The molecule has 2 aromatic rings. The van der Waals surface area contributed by atoms with Crippen molar-refractivity contribution in [1.29, 1.82) is 0 Å². The second-order valence-corrected chi connectivity index (χ2v) is 12.8. The van der Waals surface area contributed by atoms with Gasteiger partial charge < -0.3 is 10.2 Å². The van der Waals surface area contributed by atoms with Crippen molar-refractivity contribution in [3.05, 3.63) is 62.5 Å². The van der Waals surface area contributed by atoms with Gasteiger partial charge in [-0.05, 0) is 57.5 Å². The summed E-state index contributed by atoms with van der Waals surface area (Å²) < 4.78 is 27.0. The van der Waals surface area contributed by atoms with Gasteiger partial charge >= 0.3 is 0 Å². The van der Waals surface area contributed by atoms with Crippen LogP contribution in [0.4, 0.5) is 5.69 Å². The Hall–Kier alpha value is -1.81. The van der Waals surface area contributed by atoms with Gasteiger partial charge in [0.2, 0.25) is 21.8 Å². The van der Waals surface area contributed by atoms with Crippen molar-refractivity contribution in [2.45, 2.75) is 52.2 Å². The Morgan fingerprint density at radius 1 is 1.09 bits per heavy atom. The standard InChI is InChI=1S/C24H30BrCl2N3O4S/c1-6-21(23(32)28-24(2,3)4)29(14-18-19(26)11-8-12-20(18)27)22(31)15-30(35(5,33)34)17-10-7-9-16(25)13-17/h7-13,21H,6,14-15H2,1-5H3,(H,28,32)/t21-/m0/s1. The molecule has 0 radical (unpaired) electrons. The summed E-state index contributed by atoms with van der Waals surface area (Å²) in [5.41, 5.74) is 0.258. The molecule has 0 aromatic heterocycles. The van der Waals surface area contributed by atoms with E-state index in [1.807, 2.05) is 20.8 Å². The summed E-state index contributed by atoms with van der Waals surface area (Å²) >= 11 is 16.1. The highest BCUT2D eigenvalue weighted by atomic mass is 79.9. The molecule has 7 nitrogen and oxygen atoms in total. The van der Waals surface area contributed by atoms with Gasteiger partial charge in [0.05, 0.1) is 11.9 Å². The SMILES string of the molecule is CC[C@@H](C(=O)NC(C)(C)C)N(Cc1c(Cl)cccc1Cl)C(=O)CN(c1cccc(Br)c1)S(C)(=O)=O. The van der Waals surface area contributed by atoms with Gasteiger partial charge in [-0.3, -0.25) is 13.9 Å². The van der Waals surface area contributed by atoms with E-state index < -0.39 is 34.1 Å². The molecule has 2 amide bonds.